The molecule has 0 amide bonds. The predicted octanol–water partition coefficient (Wildman–Crippen LogP) is 1.87. The minimum atomic E-state index is -4.21. The SMILES string of the molecule is NNC(=NCCC(F)(F)F)Nc1ccccc1. The van der Waals surface area contributed by atoms with Crippen molar-refractivity contribution in [2.45, 2.75) is 12.6 Å². The van der Waals surface area contributed by atoms with Gasteiger partial charge in [-0.2, -0.15) is 13.2 Å². The van der Waals surface area contributed by atoms with Crippen LogP contribution in [0.15, 0.2) is 35.3 Å². The quantitative estimate of drug-likeness (QED) is 0.330. The van der Waals surface area contributed by atoms with Crippen molar-refractivity contribution >= 4 is 11.6 Å². The highest BCUT2D eigenvalue weighted by atomic mass is 19.4. The Labute approximate surface area is 96.7 Å². The smallest absolute Gasteiger partial charge is 0.325 e. The van der Waals surface area contributed by atoms with Gasteiger partial charge in [0.15, 0.2) is 0 Å². The number of rotatable bonds is 3. The summed E-state index contributed by atoms with van der Waals surface area (Å²) in [5.74, 6) is 5.24. The Bertz CT molecular complexity index is 362. The van der Waals surface area contributed by atoms with Crippen molar-refractivity contribution in [1.29, 1.82) is 0 Å². The van der Waals surface area contributed by atoms with E-state index in [0.29, 0.717) is 5.69 Å². The van der Waals surface area contributed by atoms with Gasteiger partial charge in [0.25, 0.3) is 0 Å². The first-order valence-electron chi connectivity index (χ1n) is 4.91. The van der Waals surface area contributed by atoms with E-state index in [1.54, 1.807) is 24.3 Å². The average Bonchev–Trinajstić information content (AvgIpc) is 2.27. The van der Waals surface area contributed by atoms with Crippen molar-refractivity contribution in [3.8, 4) is 0 Å². The number of guanidine groups is 1. The summed E-state index contributed by atoms with van der Waals surface area (Å²) in [6.07, 6.45) is -5.19. The zero-order valence-corrected chi connectivity index (χ0v) is 8.96. The van der Waals surface area contributed by atoms with Crippen LogP contribution in [0.2, 0.25) is 0 Å². The Morgan fingerprint density at radius 3 is 2.41 bits per heavy atom. The molecule has 0 fully saturated rings. The Balaban J connectivity index is 2.51. The van der Waals surface area contributed by atoms with Crippen LogP contribution in [-0.2, 0) is 0 Å². The predicted molar refractivity (Wildman–Crippen MR) is 60.4 cm³/mol. The molecule has 0 heterocycles. The molecule has 94 valence electrons. The van der Waals surface area contributed by atoms with Gasteiger partial charge >= 0.3 is 6.18 Å². The van der Waals surface area contributed by atoms with Crippen molar-refractivity contribution in [1.82, 2.24) is 5.43 Å². The van der Waals surface area contributed by atoms with E-state index < -0.39 is 12.6 Å². The van der Waals surface area contributed by atoms with Gasteiger partial charge in [-0.1, -0.05) is 18.2 Å². The van der Waals surface area contributed by atoms with Crippen LogP contribution in [0.4, 0.5) is 18.9 Å². The van der Waals surface area contributed by atoms with E-state index >= 15 is 0 Å². The van der Waals surface area contributed by atoms with Crippen molar-refractivity contribution < 1.29 is 13.2 Å². The Morgan fingerprint density at radius 2 is 1.88 bits per heavy atom. The fraction of sp³-hybridized carbons (Fsp3) is 0.300. The summed E-state index contributed by atoms with van der Waals surface area (Å²) in [5.41, 5.74) is 2.90. The maximum Gasteiger partial charge on any atom is 0.390 e. The topological polar surface area (TPSA) is 62.4 Å². The highest BCUT2D eigenvalue weighted by Crippen LogP contribution is 2.18. The molecule has 1 aromatic rings. The number of nitrogens with zero attached hydrogens (tertiary/aromatic N) is 1. The molecule has 0 unspecified atom stereocenters. The molecule has 0 radical (unpaired) electrons. The summed E-state index contributed by atoms with van der Waals surface area (Å²) < 4.78 is 35.7. The Kier molecular flexibility index (Phi) is 4.77. The summed E-state index contributed by atoms with van der Waals surface area (Å²) in [6, 6.07) is 8.88. The number of aliphatic imine (C=N–C) groups is 1. The van der Waals surface area contributed by atoms with E-state index in [4.69, 9.17) is 5.84 Å². The first kappa shape index (κ1) is 13.3. The number of benzene rings is 1. The standard InChI is InChI=1S/C10H13F3N4/c11-10(12,13)6-7-15-9(17-14)16-8-4-2-1-3-5-8/h1-5H,6-7,14H2,(H2,15,16,17). The monoisotopic (exact) mass is 246 g/mol. The molecule has 0 saturated heterocycles. The zero-order valence-electron chi connectivity index (χ0n) is 8.96. The molecule has 0 atom stereocenters. The molecular weight excluding hydrogens is 233 g/mol. The van der Waals surface area contributed by atoms with Crippen LogP contribution in [0.25, 0.3) is 0 Å². The van der Waals surface area contributed by atoms with Gasteiger partial charge in [0, 0.05) is 5.69 Å². The maximum atomic E-state index is 11.9. The molecule has 0 bridgehead atoms. The second kappa shape index (κ2) is 6.09. The van der Waals surface area contributed by atoms with E-state index in [9.17, 15) is 13.2 Å². The molecule has 4 N–H and O–H groups in total. The van der Waals surface area contributed by atoms with Crippen molar-refractivity contribution in [3.05, 3.63) is 30.3 Å². The Hall–Kier alpha value is -1.76. The molecule has 0 aromatic heterocycles. The van der Waals surface area contributed by atoms with Gasteiger partial charge in [-0.15, -0.1) is 0 Å². The lowest BCUT2D eigenvalue weighted by Crippen LogP contribution is -2.36. The highest BCUT2D eigenvalue weighted by molar-refractivity contribution is 5.93. The maximum absolute atomic E-state index is 11.9. The van der Waals surface area contributed by atoms with Crippen LogP contribution < -0.4 is 16.6 Å². The number of nitrogens with two attached hydrogens (primary N) is 1. The fourth-order valence-corrected chi connectivity index (χ4v) is 1.07. The molecule has 0 spiro atoms. The summed E-state index contributed by atoms with van der Waals surface area (Å²) in [7, 11) is 0. The molecule has 1 rings (SSSR count). The molecule has 1 aromatic carbocycles. The third-order valence-corrected chi connectivity index (χ3v) is 1.84. The number of hydrogen-bond donors (Lipinski definition) is 3. The van der Waals surface area contributed by atoms with Crippen molar-refractivity contribution in [2.75, 3.05) is 11.9 Å². The largest absolute Gasteiger partial charge is 0.390 e. The molecule has 17 heavy (non-hydrogen) atoms. The number of halogens is 3. The second-order valence-electron chi connectivity index (χ2n) is 3.23. The van der Waals surface area contributed by atoms with E-state index in [1.807, 2.05) is 6.07 Å². The minimum Gasteiger partial charge on any atom is -0.325 e. The third kappa shape index (κ3) is 5.76. The summed E-state index contributed by atoms with van der Waals surface area (Å²) >= 11 is 0. The van der Waals surface area contributed by atoms with E-state index in [-0.39, 0.29) is 12.5 Å². The highest BCUT2D eigenvalue weighted by Gasteiger charge is 2.26. The summed E-state index contributed by atoms with van der Waals surface area (Å²) in [6.45, 7) is -0.372. The first-order valence-corrected chi connectivity index (χ1v) is 4.91. The number of para-hydroxylation sites is 1. The molecule has 0 aliphatic carbocycles. The zero-order chi connectivity index (χ0) is 12.7. The van der Waals surface area contributed by atoms with Gasteiger partial charge in [-0.25, -0.2) is 5.84 Å². The molecule has 0 aliphatic rings. The number of nitrogens with one attached hydrogen (secondary N) is 2. The number of hydrazine groups is 1. The van der Waals surface area contributed by atoms with Gasteiger partial charge in [-0.05, 0) is 12.1 Å². The van der Waals surface area contributed by atoms with Crippen molar-refractivity contribution in [2.24, 2.45) is 10.8 Å². The van der Waals surface area contributed by atoms with Crippen LogP contribution in [0.3, 0.4) is 0 Å². The Morgan fingerprint density at radius 1 is 1.24 bits per heavy atom. The lowest BCUT2D eigenvalue weighted by molar-refractivity contribution is -0.132. The number of hydrogen-bond acceptors (Lipinski definition) is 2. The molecule has 0 saturated carbocycles. The lowest BCUT2D eigenvalue weighted by Gasteiger charge is -2.09. The minimum absolute atomic E-state index is 0.0976. The van der Waals surface area contributed by atoms with Crippen LogP contribution >= 0.6 is 0 Å². The summed E-state index contributed by atoms with van der Waals surface area (Å²) in [4.78, 5) is 3.67. The molecule has 4 nitrogen and oxygen atoms in total. The second-order valence-corrected chi connectivity index (χ2v) is 3.23. The normalized spacial score (nSPS) is 12.4. The van der Waals surface area contributed by atoms with Gasteiger partial charge in [0.2, 0.25) is 5.96 Å². The van der Waals surface area contributed by atoms with Crippen LogP contribution in [-0.4, -0.2) is 18.7 Å². The summed E-state index contributed by atoms with van der Waals surface area (Å²) in [5, 5.41) is 2.76. The van der Waals surface area contributed by atoms with Crippen LogP contribution in [0, 0.1) is 0 Å². The lowest BCUT2D eigenvalue weighted by atomic mass is 10.3. The average molecular weight is 246 g/mol. The van der Waals surface area contributed by atoms with Gasteiger partial charge in [0.05, 0.1) is 13.0 Å². The van der Waals surface area contributed by atoms with Gasteiger partial charge in [-0.3, -0.25) is 10.4 Å². The molecule has 0 aliphatic heterocycles. The fourth-order valence-electron chi connectivity index (χ4n) is 1.07. The molecule has 7 heteroatoms. The van der Waals surface area contributed by atoms with Gasteiger partial charge < -0.3 is 5.32 Å². The number of anilines is 1. The van der Waals surface area contributed by atoms with Crippen LogP contribution in [0.5, 0.6) is 0 Å². The third-order valence-electron chi connectivity index (χ3n) is 1.84. The first-order chi connectivity index (χ1) is 8.01. The molecular formula is C10H13F3N4. The van der Waals surface area contributed by atoms with E-state index in [1.165, 1.54) is 0 Å². The van der Waals surface area contributed by atoms with E-state index in [0.717, 1.165) is 0 Å². The van der Waals surface area contributed by atoms with Gasteiger partial charge in [0.1, 0.15) is 0 Å². The number of alkyl halides is 3. The van der Waals surface area contributed by atoms with Crippen molar-refractivity contribution in [3.63, 3.8) is 0 Å². The van der Waals surface area contributed by atoms with E-state index in [2.05, 4.69) is 15.7 Å². The van der Waals surface area contributed by atoms with Crippen LogP contribution in [0.1, 0.15) is 6.42 Å².